The Morgan fingerprint density at radius 1 is 0.763 bits per heavy atom. The Hall–Kier alpha value is -2.71. The lowest BCUT2D eigenvalue weighted by Crippen LogP contribution is -2.32. The monoisotopic (exact) mass is 535 g/mol. The smallest absolute Gasteiger partial charge is 0.240 e. The molecule has 1 heterocycles. The maximum atomic E-state index is 12.8. The molecule has 2 aromatic carbocycles. The van der Waals surface area contributed by atoms with Crippen LogP contribution >= 0.6 is 0 Å². The lowest BCUT2D eigenvalue weighted by molar-refractivity contribution is 0.284. The van der Waals surface area contributed by atoms with E-state index < -0.39 is 10.0 Å². The highest BCUT2D eigenvalue weighted by atomic mass is 32.2. The summed E-state index contributed by atoms with van der Waals surface area (Å²) >= 11 is 0. The predicted octanol–water partition coefficient (Wildman–Crippen LogP) is 5.95. The third-order valence-corrected chi connectivity index (χ3v) is 9.41. The van der Waals surface area contributed by atoms with E-state index in [9.17, 15) is 8.42 Å². The quantitative estimate of drug-likeness (QED) is 0.297. The van der Waals surface area contributed by atoms with Gasteiger partial charge in [-0.3, -0.25) is 0 Å². The molecule has 2 aliphatic carbocycles. The van der Waals surface area contributed by atoms with Crippen LogP contribution < -0.4 is 15.4 Å². The van der Waals surface area contributed by atoms with E-state index in [1.54, 1.807) is 12.1 Å². The first-order valence-corrected chi connectivity index (χ1v) is 15.5. The van der Waals surface area contributed by atoms with Crippen molar-refractivity contribution in [2.24, 2.45) is 17.8 Å². The Balaban J connectivity index is 1.10. The minimum absolute atomic E-state index is 0.00113. The molecule has 0 spiro atoms. The van der Waals surface area contributed by atoms with E-state index in [-0.39, 0.29) is 5.41 Å². The number of nitrogens with zero attached hydrogens (tertiary/aromatic N) is 2. The van der Waals surface area contributed by atoms with Crippen LogP contribution in [0.3, 0.4) is 0 Å². The second-order valence-corrected chi connectivity index (χ2v) is 13.9. The van der Waals surface area contributed by atoms with Crippen LogP contribution in [0.5, 0.6) is 0 Å². The van der Waals surface area contributed by atoms with Crippen LogP contribution in [0, 0.1) is 17.8 Å². The molecule has 0 aliphatic heterocycles. The van der Waals surface area contributed by atoms with E-state index >= 15 is 0 Å². The number of rotatable bonds is 10. The molecule has 3 aromatic rings. The Labute approximate surface area is 227 Å². The highest BCUT2D eigenvalue weighted by Crippen LogP contribution is 2.31. The number of hydrogen-bond acceptors (Lipinski definition) is 6. The van der Waals surface area contributed by atoms with Gasteiger partial charge in [0, 0.05) is 25.0 Å². The molecule has 1 aromatic heterocycles. The number of fused-ring (bicyclic) bond motifs is 1. The van der Waals surface area contributed by atoms with Gasteiger partial charge >= 0.3 is 0 Å². The molecular formula is C30H41N5O2S. The summed E-state index contributed by atoms with van der Waals surface area (Å²) in [6, 6.07) is 15.4. The molecule has 8 heteroatoms. The fourth-order valence-electron chi connectivity index (χ4n) is 5.17. The number of sulfonamides is 1. The van der Waals surface area contributed by atoms with Gasteiger partial charge < -0.3 is 10.6 Å². The summed E-state index contributed by atoms with van der Waals surface area (Å²) < 4.78 is 28.5. The van der Waals surface area contributed by atoms with Crippen LogP contribution in [-0.2, 0) is 15.4 Å². The highest BCUT2D eigenvalue weighted by Gasteiger charge is 2.25. The van der Waals surface area contributed by atoms with Gasteiger partial charge in [-0.2, -0.15) is 4.98 Å². The Kier molecular flexibility index (Phi) is 7.91. The zero-order valence-electron chi connectivity index (χ0n) is 22.8. The van der Waals surface area contributed by atoms with Crippen molar-refractivity contribution in [3.63, 3.8) is 0 Å². The van der Waals surface area contributed by atoms with Crippen molar-refractivity contribution in [2.45, 2.75) is 69.6 Å². The molecule has 0 radical (unpaired) electrons. The van der Waals surface area contributed by atoms with Gasteiger partial charge in [-0.15, -0.1) is 0 Å². The highest BCUT2D eigenvalue weighted by molar-refractivity contribution is 7.89. The van der Waals surface area contributed by atoms with E-state index in [1.807, 2.05) is 30.3 Å². The number of nitrogens with one attached hydrogen (secondary N) is 3. The second kappa shape index (κ2) is 11.2. The zero-order chi connectivity index (χ0) is 26.8. The van der Waals surface area contributed by atoms with Crippen molar-refractivity contribution in [1.82, 2.24) is 14.7 Å². The lowest BCUT2D eigenvalue weighted by Gasteiger charge is -2.28. The molecule has 7 nitrogen and oxygen atoms in total. The summed E-state index contributed by atoms with van der Waals surface area (Å²) in [6.07, 6.45) is 6.78. The molecule has 0 saturated heterocycles. The number of benzene rings is 2. The Morgan fingerprint density at radius 3 is 1.97 bits per heavy atom. The van der Waals surface area contributed by atoms with E-state index in [0.717, 1.165) is 67.0 Å². The molecule has 0 unspecified atom stereocenters. The summed E-state index contributed by atoms with van der Waals surface area (Å²) in [6.45, 7) is 8.67. The number of para-hydroxylation sites is 1. The van der Waals surface area contributed by atoms with Gasteiger partial charge in [0.2, 0.25) is 16.0 Å². The maximum Gasteiger partial charge on any atom is 0.240 e. The molecule has 38 heavy (non-hydrogen) atoms. The number of hydrogen-bond donors (Lipinski definition) is 3. The van der Waals surface area contributed by atoms with Crippen LogP contribution in [0.1, 0.15) is 64.9 Å². The van der Waals surface area contributed by atoms with Crippen molar-refractivity contribution < 1.29 is 8.42 Å². The largest absolute Gasteiger partial charge is 0.369 e. The fraction of sp³-hybridized carbons (Fsp3) is 0.533. The van der Waals surface area contributed by atoms with E-state index in [2.05, 4.69) is 42.2 Å². The third-order valence-electron chi connectivity index (χ3n) is 7.97. The van der Waals surface area contributed by atoms with Gasteiger partial charge in [0.05, 0.1) is 10.4 Å². The average molecular weight is 536 g/mol. The molecule has 2 fully saturated rings. The van der Waals surface area contributed by atoms with Crippen LogP contribution in [-0.4, -0.2) is 38.0 Å². The summed E-state index contributed by atoms with van der Waals surface area (Å²) in [5.74, 6) is 3.26. The fourth-order valence-corrected chi connectivity index (χ4v) is 6.29. The van der Waals surface area contributed by atoms with Crippen molar-refractivity contribution >= 4 is 32.7 Å². The van der Waals surface area contributed by atoms with Gasteiger partial charge in [0.15, 0.2) is 0 Å². The standard InChI is InChI=1S/C30H41N5O2S/c1-30(2,3)24-14-16-25(17-15-24)38(36,37)33-20-23-12-10-22(11-13-23)19-32-29-34-27-7-5-4-6-26(27)28(35-29)31-18-21-8-9-21/h4-7,14-17,21-23,33H,8-13,18-20H2,1-3H3,(H2,31,32,34,35)/t22-,23-. The molecule has 0 bridgehead atoms. The molecule has 5 rings (SSSR count). The maximum absolute atomic E-state index is 12.8. The Morgan fingerprint density at radius 2 is 1.34 bits per heavy atom. The summed E-state index contributed by atoms with van der Waals surface area (Å²) in [7, 11) is -3.49. The van der Waals surface area contributed by atoms with Gasteiger partial charge in [0.1, 0.15) is 5.82 Å². The topological polar surface area (TPSA) is 96.0 Å². The normalized spacial score (nSPS) is 20.4. The molecule has 204 valence electrons. The Bertz CT molecular complexity index is 1340. The SMILES string of the molecule is CC(C)(C)c1ccc(S(=O)(=O)NC[C@H]2CC[C@H](CNc3nc(NCC4CC4)c4ccccc4n3)CC2)cc1. The summed E-state index contributed by atoms with van der Waals surface area (Å²) in [4.78, 5) is 9.87. The number of anilines is 2. The third kappa shape index (κ3) is 6.83. The second-order valence-electron chi connectivity index (χ2n) is 12.1. The summed E-state index contributed by atoms with van der Waals surface area (Å²) in [5, 5.41) is 8.08. The minimum atomic E-state index is -3.49. The molecule has 0 amide bonds. The molecule has 2 aliphatic rings. The number of aromatic nitrogens is 2. The van der Waals surface area contributed by atoms with E-state index in [4.69, 9.17) is 9.97 Å². The first-order chi connectivity index (χ1) is 18.2. The minimum Gasteiger partial charge on any atom is -0.369 e. The lowest BCUT2D eigenvalue weighted by atomic mass is 9.82. The molecular weight excluding hydrogens is 494 g/mol. The average Bonchev–Trinajstić information content (AvgIpc) is 3.74. The van der Waals surface area contributed by atoms with Crippen LogP contribution in [0.2, 0.25) is 0 Å². The van der Waals surface area contributed by atoms with Crippen molar-refractivity contribution in [1.29, 1.82) is 0 Å². The van der Waals surface area contributed by atoms with E-state index in [0.29, 0.717) is 29.2 Å². The molecule has 0 atom stereocenters. The van der Waals surface area contributed by atoms with Gasteiger partial charge in [-0.25, -0.2) is 18.1 Å². The van der Waals surface area contributed by atoms with Gasteiger partial charge in [0.25, 0.3) is 0 Å². The molecule has 2 saturated carbocycles. The van der Waals surface area contributed by atoms with Crippen molar-refractivity contribution in [2.75, 3.05) is 30.3 Å². The van der Waals surface area contributed by atoms with Gasteiger partial charge in [-0.1, -0.05) is 45.0 Å². The van der Waals surface area contributed by atoms with Gasteiger partial charge in [-0.05, 0) is 91.5 Å². The van der Waals surface area contributed by atoms with Crippen LogP contribution in [0.15, 0.2) is 53.4 Å². The summed E-state index contributed by atoms with van der Waals surface area (Å²) in [5.41, 5.74) is 2.08. The van der Waals surface area contributed by atoms with Crippen molar-refractivity contribution in [3.8, 4) is 0 Å². The van der Waals surface area contributed by atoms with Crippen LogP contribution in [0.25, 0.3) is 10.9 Å². The molecule has 3 N–H and O–H groups in total. The van der Waals surface area contributed by atoms with E-state index in [1.165, 1.54) is 12.8 Å². The van der Waals surface area contributed by atoms with Crippen LogP contribution in [0.4, 0.5) is 11.8 Å². The predicted molar refractivity (Wildman–Crippen MR) is 155 cm³/mol. The zero-order valence-corrected chi connectivity index (χ0v) is 23.7. The first-order valence-electron chi connectivity index (χ1n) is 14.0. The van der Waals surface area contributed by atoms with Crippen molar-refractivity contribution in [3.05, 3.63) is 54.1 Å². The first kappa shape index (κ1) is 26.9.